The van der Waals surface area contributed by atoms with E-state index in [1.807, 2.05) is 11.8 Å². The summed E-state index contributed by atoms with van der Waals surface area (Å²) in [5.41, 5.74) is 0. The van der Waals surface area contributed by atoms with Crippen molar-refractivity contribution in [2.45, 2.75) is 44.4 Å². The lowest BCUT2D eigenvalue weighted by atomic mass is 10.0. The fraction of sp³-hybridized carbons (Fsp3) is 0.909. The first kappa shape index (κ1) is 12.1. The van der Waals surface area contributed by atoms with Crippen LogP contribution in [0.3, 0.4) is 0 Å². The van der Waals surface area contributed by atoms with E-state index in [1.165, 1.54) is 0 Å². The second-order valence-electron chi connectivity index (χ2n) is 4.78. The first-order valence-electron chi connectivity index (χ1n) is 5.25. The summed E-state index contributed by atoms with van der Waals surface area (Å²) in [7, 11) is 0. The maximum absolute atomic E-state index is 11.2. The molecule has 2 nitrogen and oxygen atoms in total. The van der Waals surface area contributed by atoms with Gasteiger partial charge in [-0.15, -0.1) is 0 Å². The summed E-state index contributed by atoms with van der Waals surface area (Å²) in [4.78, 5) is 13.7. The zero-order valence-electron chi connectivity index (χ0n) is 9.67. The van der Waals surface area contributed by atoms with Gasteiger partial charge in [0.2, 0.25) is 0 Å². The Balaban J connectivity index is 2.49. The second-order valence-corrected chi connectivity index (χ2v) is 6.29. The number of piperidine rings is 1. The van der Waals surface area contributed by atoms with E-state index in [0.29, 0.717) is 16.6 Å². The minimum absolute atomic E-state index is 0.300. The number of likely N-dealkylation sites (tertiary alicyclic amines) is 1. The number of ketones is 1. The van der Waals surface area contributed by atoms with Crippen LogP contribution in [-0.4, -0.2) is 40.8 Å². The lowest BCUT2D eigenvalue weighted by Crippen LogP contribution is -2.46. The molecule has 1 aliphatic heterocycles. The van der Waals surface area contributed by atoms with Crippen LogP contribution in [-0.2, 0) is 4.79 Å². The quantitative estimate of drug-likeness (QED) is 0.720. The van der Waals surface area contributed by atoms with Crippen LogP contribution < -0.4 is 0 Å². The van der Waals surface area contributed by atoms with Crippen LogP contribution in [0.4, 0.5) is 0 Å². The summed E-state index contributed by atoms with van der Waals surface area (Å²) in [5, 5.41) is 0. The van der Waals surface area contributed by atoms with Crippen LogP contribution in [0.5, 0.6) is 0 Å². The zero-order valence-corrected chi connectivity index (χ0v) is 10.5. The van der Waals surface area contributed by atoms with Crippen molar-refractivity contribution in [2.24, 2.45) is 0 Å². The molecule has 0 aromatic rings. The monoisotopic (exact) mass is 215 g/mol. The van der Waals surface area contributed by atoms with Crippen LogP contribution in [0.15, 0.2) is 0 Å². The lowest BCUT2D eigenvalue weighted by molar-refractivity contribution is -0.123. The van der Waals surface area contributed by atoms with Gasteiger partial charge in [-0.3, -0.25) is 9.69 Å². The topological polar surface area (TPSA) is 20.3 Å². The molecule has 1 heterocycles. The lowest BCUT2D eigenvalue weighted by Gasteiger charge is -2.37. The van der Waals surface area contributed by atoms with Gasteiger partial charge in [0.15, 0.2) is 0 Å². The summed E-state index contributed by atoms with van der Waals surface area (Å²) in [6.45, 7) is 8.72. The molecule has 0 aromatic heterocycles. The predicted molar refractivity (Wildman–Crippen MR) is 62.9 cm³/mol. The Morgan fingerprint density at radius 1 is 1.57 bits per heavy atom. The Hall–Kier alpha value is -0.0200. The van der Waals surface area contributed by atoms with Gasteiger partial charge in [0.1, 0.15) is 5.78 Å². The Labute approximate surface area is 91.4 Å². The normalized spacial score (nSPS) is 25.4. The molecule has 82 valence electrons. The minimum atomic E-state index is 0.300. The third-order valence-electron chi connectivity index (χ3n) is 2.96. The molecule has 3 heteroatoms. The van der Waals surface area contributed by atoms with E-state index >= 15 is 0 Å². The average Bonchev–Trinajstić information content (AvgIpc) is 2.10. The van der Waals surface area contributed by atoms with Gasteiger partial charge in [-0.05, 0) is 27.0 Å². The SMILES string of the molecule is CSC(C)(C)CN1CCC(=O)CC1C. The molecule has 0 bridgehead atoms. The number of carbonyl (C=O) groups excluding carboxylic acids is 1. The van der Waals surface area contributed by atoms with Crippen molar-refractivity contribution in [2.75, 3.05) is 19.3 Å². The molecule has 1 unspecified atom stereocenters. The highest BCUT2D eigenvalue weighted by Gasteiger charge is 2.28. The molecule has 0 spiro atoms. The molecule has 14 heavy (non-hydrogen) atoms. The first-order chi connectivity index (χ1) is 6.44. The van der Waals surface area contributed by atoms with Crippen LogP contribution in [0, 0.1) is 0 Å². The largest absolute Gasteiger partial charge is 0.300 e. The van der Waals surface area contributed by atoms with Gasteiger partial charge >= 0.3 is 0 Å². The number of hydrogen-bond donors (Lipinski definition) is 0. The number of thioether (sulfide) groups is 1. The van der Waals surface area contributed by atoms with Crippen molar-refractivity contribution >= 4 is 17.5 Å². The molecule has 1 rings (SSSR count). The molecular weight excluding hydrogens is 194 g/mol. The molecule has 0 radical (unpaired) electrons. The highest BCUT2D eigenvalue weighted by Crippen LogP contribution is 2.25. The van der Waals surface area contributed by atoms with Gasteiger partial charge in [-0.2, -0.15) is 11.8 Å². The summed E-state index contributed by atoms with van der Waals surface area (Å²) in [6.07, 6.45) is 3.64. The standard InChI is InChI=1S/C11H21NOS/c1-9-7-10(13)5-6-12(9)8-11(2,3)14-4/h9H,5-8H2,1-4H3. The van der Waals surface area contributed by atoms with E-state index < -0.39 is 0 Å². The van der Waals surface area contributed by atoms with E-state index in [2.05, 4.69) is 31.9 Å². The predicted octanol–water partition coefficient (Wildman–Crippen LogP) is 2.18. The van der Waals surface area contributed by atoms with Gasteiger partial charge in [0.05, 0.1) is 0 Å². The number of nitrogens with zero attached hydrogens (tertiary/aromatic N) is 1. The fourth-order valence-electron chi connectivity index (χ4n) is 1.84. The van der Waals surface area contributed by atoms with E-state index in [0.717, 1.165) is 25.9 Å². The molecule has 1 aliphatic rings. The van der Waals surface area contributed by atoms with Gasteiger partial charge in [0.25, 0.3) is 0 Å². The van der Waals surface area contributed by atoms with Crippen LogP contribution in [0.2, 0.25) is 0 Å². The zero-order chi connectivity index (χ0) is 10.8. The maximum atomic E-state index is 11.2. The van der Waals surface area contributed by atoms with Crippen molar-refractivity contribution < 1.29 is 4.79 Å². The second kappa shape index (κ2) is 4.67. The third-order valence-corrected chi connectivity index (χ3v) is 4.20. The van der Waals surface area contributed by atoms with Crippen LogP contribution in [0.25, 0.3) is 0 Å². The van der Waals surface area contributed by atoms with E-state index in [9.17, 15) is 4.79 Å². The molecule has 0 saturated carbocycles. The van der Waals surface area contributed by atoms with E-state index in [4.69, 9.17) is 0 Å². The molecule has 1 saturated heterocycles. The molecule has 1 atom stereocenters. The van der Waals surface area contributed by atoms with Crippen LogP contribution in [0.1, 0.15) is 33.6 Å². The maximum Gasteiger partial charge on any atom is 0.135 e. The third kappa shape index (κ3) is 3.28. The van der Waals surface area contributed by atoms with E-state index in [1.54, 1.807) is 0 Å². The molecule has 0 aliphatic carbocycles. The number of rotatable bonds is 3. The molecule has 0 amide bonds. The molecule has 0 N–H and O–H groups in total. The first-order valence-corrected chi connectivity index (χ1v) is 6.48. The Bertz CT molecular complexity index is 215. The molecule has 0 aromatic carbocycles. The van der Waals surface area contributed by atoms with Gasteiger partial charge in [-0.25, -0.2) is 0 Å². The van der Waals surface area contributed by atoms with Crippen molar-refractivity contribution in [1.82, 2.24) is 4.90 Å². The average molecular weight is 215 g/mol. The Kier molecular flexibility index (Phi) is 4.02. The number of carbonyl (C=O) groups is 1. The van der Waals surface area contributed by atoms with Gasteiger partial charge in [-0.1, -0.05) is 0 Å². The smallest absolute Gasteiger partial charge is 0.135 e. The highest BCUT2D eigenvalue weighted by atomic mass is 32.2. The summed E-state index contributed by atoms with van der Waals surface area (Å²) in [5.74, 6) is 0.427. The Morgan fingerprint density at radius 2 is 2.21 bits per heavy atom. The van der Waals surface area contributed by atoms with Gasteiger partial charge < -0.3 is 0 Å². The van der Waals surface area contributed by atoms with Crippen molar-refractivity contribution in [3.63, 3.8) is 0 Å². The highest BCUT2D eigenvalue weighted by molar-refractivity contribution is 7.99. The summed E-state index contributed by atoms with van der Waals surface area (Å²) >= 11 is 1.90. The molecular formula is C11H21NOS. The van der Waals surface area contributed by atoms with Crippen molar-refractivity contribution in [1.29, 1.82) is 0 Å². The number of Topliss-reactive ketones (excluding diaryl/α,β-unsaturated/α-hetero) is 1. The fourth-order valence-corrected chi connectivity index (χ4v) is 2.13. The minimum Gasteiger partial charge on any atom is -0.300 e. The van der Waals surface area contributed by atoms with Crippen molar-refractivity contribution in [3.8, 4) is 0 Å². The summed E-state index contributed by atoms with van der Waals surface area (Å²) < 4.78 is 0.300. The molecule has 1 fully saturated rings. The van der Waals surface area contributed by atoms with Crippen molar-refractivity contribution in [3.05, 3.63) is 0 Å². The summed E-state index contributed by atoms with van der Waals surface area (Å²) in [6, 6.07) is 0.433. The Morgan fingerprint density at radius 3 is 2.71 bits per heavy atom. The van der Waals surface area contributed by atoms with Gasteiger partial charge in [0, 0.05) is 36.7 Å². The van der Waals surface area contributed by atoms with E-state index in [-0.39, 0.29) is 0 Å². The number of hydrogen-bond acceptors (Lipinski definition) is 3. The van der Waals surface area contributed by atoms with Crippen LogP contribution >= 0.6 is 11.8 Å².